The molecule has 2 rings (SSSR count). The van der Waals surface area contributed by atoms with Gasteiger partial charge in [-0.1, -0.05) is 6.92 Å². The summed E-state index contributed by atoms with van der Waals surface area (Å²) in [6.45, 7) is 6.46. The number of nitrogens with zero attached hydrogens (tertiary/aromatic N) is 2. The van der Waals surface area contributed by atoms with Gasteiger partial charge in [0.25, 0.3) is 0 Å². The van der Waals surface area contributed by atoms with Crippen molar-refractivity contribution in [1.82, 2.24) is 9.80 Å². The Hall–Kier alpha value is -1.43. The van der Waals surface area contributed by atoms with Crippen molar-refractivity contribution in [2.75, 3.05) is 26.4 Å². The van der Waals surface area contributed by atoms with Crippen LogP contribution in [0.25, 0.3) is 0 Å². The van der Waals surface area contributed by atoms with E-state index < -0.39 is 0 Å². The largest absolute Gasteiger partial charge is 0.460 e. The van der Waals surface area contributed by atoms with Crippen molar-refractivity contribution in [2.24, 2.45) is 5.92 Å². The fourth-order valence-corrected chi connectivity index (χ4v) is 3.70. The van der Waals surface area contributed by atoms with Crippen LogP contribution in [-0.4, -0.2) is 54.2 Å². The van der Waals surface area contributed by atoms with Crippen LogP contribution < -0.4 is 0 Å². The average molecular weight is 310 g/mol. The molecule has 0 bridgehead atoms. The maximum Gasteiger partial charge on any atom is 0.337 e. The molecule has 0 aromatic heterocycles. The molecule has 2 aliphatic heterocycles. The molecule has 2 aliphatic rings. The quantitative estimate of drug-likeness (QED) is 0.588. The van der Waals surface area contributed by atoms with E-state index in [2.05, 4.69) is 4.90 Å². The minimum absolute atomic E-state index is 0.0299. The lowest BCUT2D eigenvalue weighted by Crippen LogP contribution is -2.23. The Labute approximate surface area is 130 Å². The van der Waals surface area contributed by atoms with Crippen LogP contribution in [0.4, 0.5) is 0 Å². The molecule has 0 radical (unpaired) electrons. The van der Waals surface area contributed by atoms with E-state index in [-0.39, 0.29) is 23.9 Å². The molecule has 1 saturated heterocycles. The number of carbonyl (C=O) groups excluding carboxylic acids is 2. The number of esters is 1. The predicted molar refractivity (Wildman–Crippen MR) is 83.4 cm³/mol. The lowest BCUT2D eigenvalue weighted by atomic mass is 10.1. The fraction of sp³-hybridized carbons (Fsp3) is 0.600. The third-order valence-corrected chi connectivity index (χ3v) is 4.58. The molecule has 0 aromatic rings. The minimum Gasteiger partial charge on any atom is -0.460 e. The van der Waals surface area contributed by atoms with Crippen molar-refractivity contribution in [2.45, 2.75) is 26.9 Å². The van der Waals surface area contributed by atoms with Crippen LogP contribution in [0.2, 0.25) is 0 Å². The van der Waals surface area contributed by atoms with E-state index in [4.69, 9.17) is 4.74 Å². The van der Waals surface area contributed by atoms with Crippen LogP contribution in [0.5, 0.6) is 0 Å². The zero-order valence-corrected chi connectivity index (χ0v) is 14.0. The first-order chi connectivity index (χ1) is 9.81. The Bertz CT molecular complexity index is 523. The van der Waals surface area contributed by atoms with Crippen molar-refractivity contribution in [3.05, 3.63) is 22.4 Å². The van der Waals surface area contributed by atoms with E-state index in [1.165, 1.54) is 0 Å². The summed E-state index contributed by atoms with van der Waals surface area (Å²) in [5, 5.41) is 0.950. The van der Waals surface area contributed by atoms with Gasteiger partial charge in [0.15, 0.2) is 0 Å². The Morgan fingerprint density at radius 1 is 1.43 bits per heavy atom. The van der Waals surface area contributed by atoms with Gasteiger partial charge >= 0.3 is 5.97 Å². The second-order valence-electron chi connectivity index (χ2n) is 5.84. The normalized spacial score (nSPS) is 23.0. The molecule has 1 unspecified atom stereocenters. The lowest BCUT2D eigenvalue weighted by molar-refractivity contribution is -0.143. The summed E-state index contributed by atoms with van der Waals surface area (Å²) >= 11 is 1.61. The summed E-state index contributed by atoms with van der Waals surface area (Å²) in [5.41, 5.74) is 1.71. The molecule has 0 N–H and O–H groups in total. The smallest absolute Gasteiger partial charge is 0.337 e. The number of thioether (sulfide) groups is 1. The molecular weight excluding hydrogens is 288 g/mol. The van der Waals surface area contributed by atoms with Gasteiger partial charge in [-0.05, 0) is 13.8 Å². The first-order valence-corrected chi connectivity index (χ1v) is 8.07. The maximum atomic E-state index is 12.2. The van der Waals surface area contributed by atoms with E-state index in [0.29, 0.717) is 0 Å². The maximum absolute atomic E-state index is 12.2. The number of fused-ring (bicyclic) bond motifs is 1. The predicted octanol–water partition coefficient (Wildman–Crippen LogP) is 1.82. The molecule has 0 spiro atoms. The van der Waals surface area contributed by atoms with Crippen molar-refractivity contribution in [3.8, 4) is 0 Å². The van der Waals surface area contributed by atoms with Gasteiger partial charge < -0.3 is 14.5 Å². The third kappa shape index (κ3) is 3.26. The molecular formula is C15H22N2O3S. The first kappa shape index (κ1) is 15.9. The van der Waals surface area contributed by atoms with Gasteiger partial charge in [0.1, 0.15) is 0 Å². The first-order valence-electron chi connectivity index (χ1n) is 7.08. The Morgan fingerprint density at radius 3 is 2.67 bits per heavy atom. The molecule has 5 nitrogen and oxygen atoms in total. The van der Waals surface area contributed by atoms with Crippen molar-refractivity contribution in [1.29, 1.82) is 0 Å². The van der Waals surface area contributed by atoms with Crippen LogP contribution in [-0.2, 0) is 14.3 Å². The lowest BCUT2D eigenvalue weighted by Gasteiger charge is -2.16. The fourth-order valence-electron chi connectivity index (χ4n) is 2.39. The van der Waals surface area contributed by atoms with Crippen LogP contribution >= 0.6 is 11.8 Å². The van der Waals surface area contributed by atoms with Crippen LogP contribution in [0.3, 0.4) is 0 Å². The van der Waals surface area contributed by atoms with E-state index in [1.807, 2.05) is 20.8 Å². The third-order valence-electron chi connectivity index (χ3n) is 3.42. The van der Waals surface area contributed by atoms with E-state index in [0.717, 1.165) is 28.6 Å². The van der Waals surface area contributed by atoms with Gasteiger partial charge in [-0.25, -0.2) is 4.79 Å². The zero-order valence-electron chi connectivity index (χ0n) is 13.2. The van der Waals surface area contributed by atoms with Gasteiger partial charge in [-0.3, -0.25) is 4.79 Å². The highest BCUT2D eigenvalue weighted by molar-refractivity contribution is 8.03. The van der Waals surface area contributed by atoms with E-state index in [9.17, 15) is 9.59 Å². The zero-order chi connectivity index (χ0) is 15.7. The molecule has 0 saturated carbocycles. The van der Waals surface area contributed by atoms with Gasteiger partial charge in [-0.15, -0.1) is 11.8 Å². The van der Waals surface area contributed by atoms with Crippen molar-refractivity contribution < 1.29 is 14.3 Å². The summed E-state index contributed by atoms with van der Waals surface area (Å²) in [7, 11) is 3.46. The molecule has 21 heavy (non-hydrogen) atoms. The average Bonchev–Trinajstić information content (AvgIpc) is 2.87. The molecule has 6 heteroatoms. The van der Waals surface area contributed by atoms with Gasteiger partial charge in [-0.2, -0.15) is 0 Å². The Morgan fingerprint density at radius 2 is 2.10 bits per heavy atom. The molecule has 2 heterocycles. The Balaban J connectivity index is 2.24. The number of hydrogen-bond acceptors (Lipinski definition) is 5. The molecule has 1 atom stereocenters. The molecule has 1 amide bonds. The highest BCUT2D eigenvalue weighted by Gasteiger charge is 2.39. The molecule has 0 aliphatic carbocycles. The van der Waals surface area contributed by atoms with Crippen molar-refractivity contribution >= 4 is 23.6 Å². The SMILES string of the molecule is CC(C)OC(=O)C1=C2SCC(=CC(=O)N(C)C)N2CC1C. The van der Waals surface area contributed by atoms with Gasteiger partial charge in [0.2, 0.25) is 5.91 Å². The number of ether oxygens (including phenoxy) is 1. The van der Waals surface area contributed by atoms with Crippen molar-refractivity contribution in [3.63, 3.8) is 0 Å². The summed E-state index contributed by atoms with van der Waals surface area (Å²) in [6.07, 6.45) is 1.53. The van der Waals surface area contributed by atoms with E-state index in [1.54, 1.807) is 36.8 Å². The number of carbonyl (C=O) groups is 2. The number of rotatable bonds is 3. The van der Waals surface area contributed by atoms with E-state index >= 15 is 0 Å². The summed E-state index contributed by atoms with van der Waals surface area (Å²) in [5.74, 6) is 0.581. The Kier molecular flexibility index (Phi) is 4.66. The summed E-state index contributed by atoms with van der Waals surface area (Å²) < 4.78 is 5.34. The molecule has 0 aromatic carbocycles. The highest BCUT2D eigenvalue weighted by Crippen LogP contribution is 2.45. The monoisotopic (exact) mass is 310 g/mol. The summed E-state index contributed by atoms with van der Waals surface area (Å²) in [6, 6.07) is 0. The number of amides is 1. The second-order valence-corrected chi connectivity index (χ2v) is 6.81. The number of hydrogen-bond donors (Lipinski definition) is 0. The van der Waals surface area contributed by atoms with Crippen LogP contribution in [0, 0.1) is 5.92 Å². The van der Waals surface area contributed by atoms with Crippen LogP contribution in [0.15, 0.2) is 22.4 Å². The summed E-state index contributed by atoms with van der Waals surface area (Å²) in [4.78, 5) is 27.7. The van der Waals surface area contributed by atoms with Gasteiger partial charge in [0.05, 0.1) is 16.7 Å². The standard InChI is InChI=1S/C15H22N2O3S/c1-9(2)20-15(19)13-10(3)7-17-11(8-21-14(13)17)6-12(18)16(4)5/h6,9-10H,7-8H2,1-5H3. The highest BCUT2D eigenvalue weighted by atomic mass is 32.2. The number of likely N-dealkylation sites (N-methyl/N-ethyl adjacent to an activating group) is 1. The van der Waals surface area contributed by atoms with Crippen LogP contribution in [0.1, 0.15) is 20.8 Å². The molecule has 116 valence electrons. The minimum atomic E-state index is -0.234. The second kappa shape index (κ2) is 6.13. The molecule has 1 fully saturated rings. The topological polar surface area (TPSA) is 49.9 Å². The van der Waals surface area contributed by atoms with Gasteiger partial charge in [0, 0.05) is 44.1 Å².